The van der Waals surface area contributed by atoms with Crippen LogP contribution in [0.25, 0.3) is 0 Å². The summed E-state index contributed by atoms with van der Waals surface area (Å²) in [5.41, 5.74) is 0.824. The fourth-order valence-corrected chi connectivity index (χ4v) is 2.65. The van der Waals surface area contributed by atoms with Crippen LogP contribution in [0.5, 0.6) is 0 Å². The first-order chi connectivity index (χ1) is 10.6. The first-order valence-electron chi connectivity index (χ1n) is 6.91. The number of anilines is 2. The van der Waals surface area contributed by atoms with Gasteiger partial charge in [-0.3, -0.25) is 9.59 Å². The Labute approximate surface area is 136 Å². The van der Waals surface area contributed by atoms with Crippen LogP contribution in [0.15, 0.2) is 53.1 Å². The molecular weight excluding hydrogens is 346 g/mol. The molecule has 1 saturated heterocycles. The van der Waals surface area contributed by atoms with E-state index >= 15 is 0 Å². The molecule has 1 aromatic carbocycles. The van der Waals surface area contributed by atoms with Gasteiger partial charge in [-0.05, 0) is 40.2 Å². The van der Waals surface area contributed by atoms with Crippen LogP contribution < -0.4 is 10.2 Å². The molecule has 0 bridgehead atoms. The molecule has 6 heteroatoms. The van der Waals surface area contributed by atoms with E-state index in [1.807, 2.05) is 30.3 Å². The molecule has 0 radical (unpaired) electrons. The Bertz CT molecular complexity index is 688. The fraction of sp³-hybridized carbons (Fsp3) is 0.188. The van der Waals surface area contributed by atoms with E-state index in [1.54, 1.807) is 23.2 Å². The number of rotatable bonds is 3. The van der Waals surface area contributed by atoms with E-state index < -0.39 is 0 Å². The van der Waals surface area contributed by atoms with E-state index in [1.165, 1.54) is 0 Å². The number of halogens is 1. The van der Waals surface area contributed by atoms with Gasteiger partial charge in [0.25, 0.3) is 0 Å². The minimum absolute atomic E-state index is 0.0323. The molecule has 22 heavy (non-hydrogen) atoms. The minimum Gasteiger partial charge on any atom is -0.312 e. The largest absolute Gasteiger partial charge is 0.312 e. The fourth-order valence-electron chi connectivity index (χ4n) is 2.42. The zero-order valence-corrected chi connectivity index (χ0v) is 13.3. The van der Waals surface area contributed by atoms with Gasteiger partial charge in [-0.2, -0.15) is 0 Å². The normalized spacial score (nSPS) is 17.6. The van der Waals surface area contributed by atoms with Crippen LogP contribution in [-0.4, -0.2) is 23.3 Å². The second kappa shape index (κ2) is 6.27. The molecular formula is C16H14BrN3O2. The van der Waals surface area contributed by atoms with Crippen LogP contribution in [0.4, 0.5) is 11.5 Å². The summed E-state index contributed by atoms with van der Waals surface area (Å²) in [4.78, 5) is 30.2. The molecule has 2 aromatic rings. The van der Waals surface area contributed by atoms with Crippen LogP contribution >= 0.6 is 15.9 Å². The molecule has 1 N–H and O–H groups in total. The van der Waals surface area contributed by atoms with Crippen molar-refractivity contribution in [2.45, 2.75) is 6.42 Å². The maximum atomic E-state index is 12.3. The summed E-state index contributed by atoms with van der Waals surface area (Å²) in [5.74, 6) is -0.0892. The predicted molar refractivity (Wildman–Crippen MR) is 87.5 cm³/mol. The average molecular weight is 360 g/mol. The van der Waals surface area contributed by atoms with Crippen molar-refractivity contribution in [3.05, 3.63) is 53.1 Å². The lowest BCUT2D eigenvalue weighted by Gasteiger charge is -2.16. The quantitative estimate of drug-likeness (QED) is 0.916. The number of pyridine rings is 1. The van der Waals surface area contributed by atoms with Crippen molar-refractivity contribution in [1.82, 2.24) is 4.98 Å². The number of hydrogen-bond donors (Lipinski definition) is 1. The Balaban J connectivity index is 1.67. The van der Waals surface area contributed by atoms with E-state index in [9.17, 15) is 9.59 Å². The molecule has 1 fully saturated rings. The molecule has 1 aliphatic rings. The zero-order valence-electron chi connectivity index (χ0n) is 11.7. The van der Waals surface area contributed by atoms with Crippen LogP contribution in [0.1, 0.15) is 6.42 Å². The minimum atomic E-state index is -0.363. The molecule has 112 valence electrons. The standard InChI is InChI=1S/C16H14BrN3O2/c17-12-6-7-14(18-9-12)19-16(22)11-8-15(21)20(10-11)13-4-2-1-3-5-13/h1-7,9,11H,8,10H2,(H,18,19,22)/t11-/m1/s1. The van der Waals surface area contributed by atoms with Crippen molar-refractivity contribution < 1.29 is 9.59 Å². The molecule has 1 aliphatic heterocycles. The molecule has 0 aliphatic carbocycles. The Morgan fingerprint density at radius 2 is 2.00 bits per heavy atom. The molecule has 2 amide bonds. The van der Waals surface area contributed by atoms with Crippen LogP contribution in [0.3, 0.4) is 0 Å². The average Bonchev–Trinajstić information content (AvgIpc) is 2.92. The number of nitrogens with zero attached hydrogens (tertiary/aromatic N) is 2. The Morgan fingerprint density at radius 1 is 1.23 bits per heavy atom. The van der Waals surface area contributed by atoms with E-state index in [0.29, 0.717) is 12.4 Å². The van der Waals surface area contributed by atoms with Gasteiger partial charge in [0.15, 0.2) is 0 Å². The van der Waals surface area contributed by atoms with Crippen LogP contribution in [0, 0.1) is 5.92 Å². The lowest BCUT2D eigenvalue weighted by Crippen LogP contribution is -2.28. The maximum Gasteiger partial charge on any atom is 0.230 e. The van der Waals surface area contributed by atoms with Crippen molar-refractivity contribution in [2.24, 2.45) is 5.92 Å². The second-order valence-electron chi connectivity index (χ2n) is 5.09. The lowest BCUT2D eigenvalue weighted by molar-refractivity contribution is -0.122. The van der Waals surface area contributed by atoms with Crippen molar-refractivity contribution in [3.63, 3.8) is 0 Å². The summed E-state index contributed by atoms with van der Waals surface area (Å²) in [5, 5.41) is 2.75. The third kappa shape index (κ3) is 3.17. The van der Waals surface area contributed by atoms with Gasteiger partial charge in [-0.1, -0.05) is 18.2 Å². The van der Waals surface area contributed by atoms with Gasteiger partial charge in [-0.25, -0.2) is 4.98 Å². The monoisotopic (exact) mass is 359 g/mol. The molecule has 0 unspecified atom stereocenters. The summed E-state index contributed by atoms with van der Waals surface area (Å²) in [6.45, 7) is 0.394. The first kappa shape index (κ1) is 14.7. The van der Waals surface area contributed by atoms with Crippen LogP contribution in [0.2, 0.25) is 0 Å². The molecule has 0 saturated carbocycles. The lowest BCUT2D eigenvalue weighted by atomic mass is 10.1. The van der Waals surface area contributed by atoms with Crippen molar-refractivity contribution in [2.75, 3.05) is 16.8 Å². The summed E-state index contributed by atoms with van der Waals surface area (Å²) in [6, 6.07) is 12.9. The Kier molecular flexibility index (Phi) is 4.20. The van der Waals surface area contributed by atoms with Gasteiger partial charge >= 0.3 is 0 Å². The number of para-hydroxylation sites is 1. The molecule has 2 heterocycles. The number of aromatic nitrogens is 1. The zero-order chi connectivity index (χ0) is 15.5. The van der Waals surface area contributed by atoms with Crippen molar-refractivity contribution in [3.8, 4) is 0 Å². The van der Waals surface area contributed by atoms with Crippen molar-refractivity contribution in [1.29, 1.82) is 0 Å². The highest BCUT2D eigenvalue weighted by Gasteiger charge is 2.35. The molecule has 5 nitrogen and oxygen atoms in total. The third-order valence-electron chi connectivity index (χ3n) is 3.54. The number of amides is 2. The highest BCUT2D eigenvalue weighted by molar-refractivity contribution is 9.10. The van der Waals surface area contributed by atoms with E-state index in [2.05, 4.69) is 26.2 Å². The molecule has 1 atom stereocenters. The SMILES string of the molecule is O=C(Nc1ccc(Br)cn1)[C@@H]1CC(=O)N(c2ccccc2)C1. The topological polar surface area (TPSA) is 62.3 Å². The molecule has 0 spiro atoms. The number of carbonyl (C=O) groups excluding carboxylic acids is 2. The third-order valence-corrected chi connectivity index (χ3v) is 4.01. The number of benzene rings is 1. The second-order valence-corrected chi connectivity index (χ2v) is 6.01. The summed E-state index contributed by atoms with van der Waals surface area (Å²) in [7, 11) is 0. The van der Waals surface area contributed by atoms with E-state index in [0.717, 1.165) is 10.2 Å². The Morgan fingerprint density at radius 3 is 2.68 bits per heavy atom. The van der Waals surface area contributed by atoms with Crippen molar-refractivity contribution >= 4 is 39.2 Å². The van der Waals surface area contributed by atoms with Gasteiger partial charge in [0, 0.05) is 29.3 Å². The van der Waals surface area contributed by atoms with Gasteiger partial charge < -0.3 is 10.2 Å². The van der Waals surface area contributed by atoms with E-state index in [-0.39, 0.29) is 24.2 Å². The number of carbonyl (C=O) groups is 2. The highest BCUT2D eigenvalue weighted by Crippen LogP contribution is 2.25. The molecule has 1 aromatic heterocycles. The molecule has 3 rings (SSSR count). The van der Waals surface area contributed by atoms with Gasteiger partial charge in [0.1, 0.15) is 5.82 Å². The first-order valence-corrected chi connectivity index (χ1v) is 7.70. The predicted octanol–water partition coefficient (Wildman–Crippen LogP) is 2.84. The summed E-state index contributed by atoms with van der Waals surface area (Å²) in [6.07, 6.45) is 1.84. The van der Waals surface area contributed by atoms with Gasteiger partial charge in [0.2, 0.25) is 11.8 Å². The Hall–Kier alpha value is -2.21. The van der Waals surface area contributed by atoms with Gasteiger partial charge in [-0.15, -0.1) is 0 Å². The maximum absolute atomic E-state index is 12.3. The van der Waals surface area contributed by atoms with Crippen LogP contribution in [-0.2, 0) is 9.59 Å². The van der Waals surface area contributed by atoms with E-state index in [4.69, 9.17) is 0 Å². The van der Waals surface area contributed by atoms with Gasteiger partial charge in [0.05, 0.1) is 5.92 Å². The number of hydrogen-bond acceptors (Lipinski definition) is 3. The summed E-state index contributed by atoms with van der Waals surface area (Å²) < 4.78 is 0.844. The summed E-state index contributed by atoms with van der Waals surface area (Å²) >= 11 is 3.29. The number of nitrogens with one attached hydrogen (secondary N) is 1. The highest BCUT2D eigenvalue weighted by atomic mass is 79.9. The smallest absolute Gasteiger partial charge is 0.230 e.